The molecule has 1 aliphatic rings. The summed E-state index contributed by atoms with van der Waals surface area (Å²) in [4.78, 5) is 4.52. The first kappa shape index (κ1) is 15.8. The average Bonchev–Trinajstić information content (AvgIpc) is 2.50. The monoisotopic (exact) mass is 309 g/mol. The SMILES string of the molecule is Cc1ccc2c(OC3C(C)(C)C(N)C3(C)C)ccc(C#N)c2n1. The van der Waals surface area contributed by atoms with E-state index in [0.29, 0.717) is 11.1 Å². The van der Waals surface area contributed by atoms with Crippen LogP contribution in [0.3, 0.4) is 0 Å². The minimum absolute atomic E-state index is 0.0161. The Bertz CT molecular complexity index is 801. The van der Waals surface area contributed by atoms with Crippen LogP contribution in [0.15, 0.2) is 24.3 Å². The van der Waals surface area contributed by atoms with Gasteiger partial charge in [0.1, 0.15) is 17.9 Å². The highest BCUT2D eigenvalue weighted by Gasteiger charge is 2.62. The molecule has 23 heavy (non-hydrogen) atoms. The van der Waals surface area contributed by atoms with E-state index in [-0.39, 0.29) is 23.0 Å². The van der Waals surface area contributed by atoms with E-state index >= 15 is 0 Å². The van der Waals surface area contributed by atoms with Crippen LogP contribution in [-0.4, -0.2) is 17.1 Å². The van der Waals surface area contributed by atoms with E-state index < -0.39 is 0 Å². The van der Waals surface area contributed by atoms with Gasteiger partial charge in [-0.15, -0.1) is 0 Å². The number of benzene rings is 1. The molecule has 0 radical (unpaired) electrons. The molecule has 4 heteroatoms. The number of aromatic nitrogens is 1. The minimum atomic E-state index is -0.0954. The Morgan fingerprint density at radius 1 is 1.13 bits per heavy atom. The second-order valence-electron chi connectivity index (χ2n) is 7.69. The lowest BCUT2D eigenvalue weighted by Crippen LogP contribution is -2.72. The molecule has 1 aromatic carbocycles. The molecule has 0 unspecified atom stereocenters. The number of nitriles is 1. The summed E-state index contributed by atoms with van der Waals surface area (Å²) in [5.74, 6) is 0.768. The fourth-order valence-corrected chi connectivity index (χ4v) is 4.06. The summed E-state index contributed by atoms with van der Waals surface area (Å²) in [6.07, 6.45) is 0.0161. The van der Waals surface area contributed by atoms with Crippen molar-refractivity contribution in [3.63, 3.8) is 0 Å². The van der Waals surface area contributed by atoms with E-state index in [1.165, 1.54) is 0 Å². The summed E-state index contributed by atoms with van der Waals surface area (Å²) < 4.78 is 6.37. The van der Waals surface area contributed by atoms with Crippen LogP contribution in [0.25, 0.3) is 10.9 Å². The van der Waals surface area contributed by atoms with E-state index in [4.69, 9.17) is 10.5 Å². The molecule has 1 aliphatic carbocycles. The highest BCUT2D eigenvalue weighted by molar-refractivity contribution is 5.89. The van der Waals surface area contributed by atoms with Crippen molar-refractivity contribution in [2.75, 3.05) is 0 Å². The van der Waals surface area contributed by atoms with Gasteiger partial charge in [0.25, 0.3) is 0 Å². The predicted molar refractivity (Wildman–Crippen MR) is 91.1 cm³/mol. The molecule has 1 saturated carbocycles. The van der Waals surface area contributed by atoms with Crippen molar-refractivity contribution in [2.45, 2.75) is 46.8 Å². The standard InChI is InChI=1S/C19H23N3O/c1-11-6-8-13-14(9-7-12(10-20)15(13)22-11)23-17-18(2,3)16(21)19(17,4)5/h6-9,16-17H,21H2,1-5H3. The van der Waals surface area contributed by atoms with Crippen LogP contribution < -0.4 is 10.5 Å². The second-order valence-corrected chi connectivity index (χ2v) is 7.69. The third kappa shape index (κ3) is 2.19. The quantitative estimate of drug-likeness (QED) is 0.920. The fourth-order valence-electron chi connectivity index (χ4n) is 4.06. The molecule has 0 aliphatic heterocycles. The van der Waals surface area contributed by atoms with E-state index in [0.717, 1.165) is 16.8 Å². The number of nitrogens with zero attached hydrogens (tertiary/aromatic N) is 2. The smallest absolute Gasteiger partial charge is 0.129 e. The molecule has 120 valence electrons. The van der Waals surface area contributed by atoms with Gasteiger partial charge < -0.3 is 10.5 Å². The molecule has 0 bridgehead atoms. The van der Waals surface area contributed by atoms with Gasteiger partial charge in [0.2, 0.25) is 0 Å². The topological polar surface area (TPSA) is 71.9 Å². The van der Waals surface area contributed by atoms with Crippen molar-refractivity contribution in [1.29, 1.82) is 5.26 Å². The van der Waals surface area contributed by atoms with E-state index in [1.54, 1.807) is 6.07 Å². The van der Waals surface area contributed by atoms with E-state index in [2.05, 4.69) is 38.7 Å². The summed E-state index contributed by atoms with van der Waals surface area (Å²) in [5.41, 5.74) is 8.28. The van der Waals surface area contributed by atoms with Gasteiger partial charge in [-0.1, -0.05) is 27.7 Å². The van der Waals surface area contributed by atoms with Crippen molar-refractivity contribution in [2.24, 2.45) is 16.6 Å². The number of fused-ring (bicyclic) bond motifs is 1. The van der Waals surface area contributed by atoms with Crippen LogP contribution in [0, 0.1) is 29.1 Å². The molecule has 2 aromatic rings. The van der Waals surface area contributed by atoms with Crippen LogP contribution in [0.2, 0.25) is 0 Å². The predicted octanol–water partition coefficient (Wildman–Crippen LogP) is 3.56. The van der Waals surface area contributed by atoms with Gasteiger partial charge in [-0.2, -0.15) is 5.26 Å². The van der Waals surface area contributed by atoms with Crippen molar-refractivity contribution < 1.29 is 4.74 Å². The summed E-state index contributed by atoms with van der Waals surface area (Å²) in [5, 5.41) is 10.2. The lowest BCUT2D eigenvalue weighted by Gasteiger charge is -2.61. The summed E-state index contributed by atoms with van der Waals surface area (Å²) in [6, 6.07) is 9.87. The number of aryl methyl sites for hydroxylation is 1. The Morgan fingerprint density at radius 3 is 2.39 bits per heavy atom. The molecule has 4 nitrogen and oxygen atoms in total. The number of rotatable bonds is 2. The van der Waals surface area contributed by atoms with Gasteiger partial charge in [0, 0.05) is 28.0 Å². The largest absolute Gasteiger partial charge is 0.488 e. The Labute approximate surface area is 137 Å². The number of hydrogen-bond acceptors (Lipinski definition) is 4. The third-order valence-corrected chi connectivity index (χ3v) is 5.28. The van der Waals surface area contributed by atoms with Crippen molar-refractivity contribution in [3.05, 3.63) is 35.5 Å². The molecular weight excluding hydrogens is 286 g/mol. The zero-order chi connectivity index (χ0) is 17.0. The summed E-state index contributed by atoms with van der Waals surface area (Å²) >= 11 is 0. The zero-order valence-corrected chi connectivity index (χ0v) is 14.3. The zero-order valence-electron chi connectivity index (χ0n) is 14.3. The van der Waals surface area contributed by atoms with Crippen LogP contribution in [0.5, 0.6) is 5.75 Å². The number of pyridine rings is 1. The van der Waals surface area contributed by atoms with Crippen molar-refractivity contribution in [3.8, 4) is 11.8 Å². The lowest BCUT2D eigenvalue weighted by molar-refractivity contribution is -0.154. The third-order valence-electron chi connectivity index (χ3n) is 5.28. The Balaban J connectivity index is 2.07. The van der Waals surface area contributed by atoms with Gasteiger partial charge in [0.15, 0.2) is 0 Å². The van der Waals surface area contributed by atoms with Crippen LogP contribution in [0.4, 0.5) is 0 Å². The Hall–Kier alpha value is -2.12. The molecular formula is C19H23N3O. The number of ether oxygens (including phenoxy) is 1. The maximum atomic E-state index is 9.31. The van der Waals surface area contributed by atoms with Crippen LogP contribution in [-0.2, 0) is 0 Å². The maximum absolute atomic E-state index is 9.31. The molecule has 0 amide bonds. The highest BCUT2D eigenvalue weighted by atomic mass is 16.5. The summed E-state index contributed by atoms with van der Waals surface area (Å²) in [7, 11) is 0. The van der Waals surface area contributed by atoms with Crippen molar-refractivity contribution >= 4 is 10.9 Å². The van der Waals surface area contributed by atoms with Gasteiger partial charge in [0.05, 0.1) is 11.1 Å². The number of hydrogen-bond donors (Lipinski definition) is 1. The normalized spacial score (nSPS) is 24.7. The molecule has 0 spiro atoms. The molecule has 0 atom stereocenters. The highest BCUT2D eigenvalue weighted by Crippen LogP contribution is 2.54. The first-order valence-corrected chi connectivity index (χ1v) is 7.92. The Morgan fingerprint density at radius 2 is 1.78 bits per heavy atom. The van der Waals surface area contributed by atoms with Gasteiger partial charge in [-0.3, -0.25) is 4.98 Å². The second kappa shape index (κ2) is 4.94. The van der Waals surface area contributed by atoms with Gasteiger partial charge in [-0.05, 0) is 31.2 Å². The molecule has 1 fully saturated rings. The summed E-state index contributed by atoms with van der Waals surface area (Å²) in [6.45, 7) is 10.5. The average molecular weight is 309 g/mol. The fraction of sp³-hybridized carbons (Fsp3) is 0.474. The molecule has 1 aromatic heterocycles. The maximum Gasteiger partial charge on any atom is 0.129 e. The van der Waals surface area contributed by atoms with Crippen molar-refractivity contribution in [1.82, 2.24) is 4.98 Å². The molecule has 1 heterocycles. The molecule has 3 rings (SSSR count). The van der Waals surface area contributed by atoms with Gasteiger partial charge in [-0.25, -0.2) is 0 Å². The van der Waals surface area contributed by atoms with Crippen LogP contribution in [0.1, 0.15) is 39.0 Å². The first-order valence-electron chi connectivity index (χ1n) is 7.92. The first-order chi connectivity index (χ1) is 10.7. The van der Waals surface area contributed by atoms with E-state index in [9.17, 15) is 5.26 Å². The van der Waals surface area contributed by atoms with E-state index in [1.807, 2.05) is 25.1 Å². The number of nitrogens with two attached hydrogens (primary N) is 1. The molecule has 0 saturated heterocycles. The lowest BCUT2D eigenvalue weighted by atomic mass is 9.50. The minimum Gasteiger partial charge on any atom is -0.488 e. The Kier molecular flexibility index (Phi) is 3.38. The van der Waals surface area contributed by atoms with Gasteiger partial charge >= 0.3 is 0 Å². The molecule has 2 N–H and O–H groups in total. The van der Waals surface area contributed by atoms with Crippen LogP contribution >= 0.6 is 0 Å².